The van der Waals surface area contributed by atoms with Crippen molar-refractivity contribution in [3.63, 3.8) is 0 Å². The first-order valence-electron chi connectivity index (χ1n) is 9.49. The van der Waals surface area contributed by atoms with Crippen molar-refractivity contribution in [2.75, 3.05) is 0 Å². The van der Waals surface area contributed by atoms with Gasteiger partial charge in [-0.15, -0.1) is 0 Å². The number of hydrogen-bond acceptors (Lipinski definition) is 3. The summed E-state index contributed by atoms with van der Waals surface area (Å²) in [6, 6.07) is 17.0. The quantitative estimate of drug-likeness (QED) is 0.543. The van der Waals surface area contributed by atoms with E-state index in [9.17, 15) is 28.3 Å². The predicted molar refractivity (Wildman–Crippen MR) is 110 cm³/mol. The normalized spacial score (nSPS) is 11.5. The maximum Gasteiger partial charge on any atom is 0.326 e. The molecule has 0 radical (unpaired) electrons. The van der Waals surface area contributed by atoms with E-state index >= 15 is 0 Å². The molecule has 0 saturated carbocycles. The number of carboxylic acids is 1. The molecule has 3 aromatic carbocycles. The van der Waals surface area contributed by atoms with E-state index in [-0.39, 0.29) is 12.2 Å². The van der Waals surface area contributed by atoms with Crippen molar-refractivity contribution in [3.8, 4) is 0 Å². The summed E-state index contributed by atoms with van der Waals surface area (Å²) >= 11 is 0. The maximum atomic E-state index is 13.7. The zero-order valence-electron chi connectivity index (χ0n) is 16.3. The van der Waals surface area contributed by atoms with Gasteiger partial charge in [-0.05, 0) is 17.7 Å². The molecule has 7 heteroatoms. The first kappa shape index (κ1) is 21.8. The molecule has 0 aliphatic rings. The Balaban J connectivity index is 1.67. The zero-order chi connectivity index (χ0) is 22.4. The molecular formula is C24H19F2NO4. The first-order chi connectivity index (χ1) is 14.8. The van der Waals surface area contributed by atoms with Gasteiger partial charge in [0.2, 0.25) is 5.91 Å². The summed E-state index contributed by atoms with van der Waals surface area (Å²) in [5, 5.41) is 11.7. The van der Waals surface area contributed by atoms with Gasteiger partial charge in [0, 0.05) is 23.1 Å². The second-order valence-electron chi connectivity index (χ2n) is 6.93. The number of carboxylic acid groups (broad SMARTS) is 1. The third-order valence-electron chi connectivity index (χ3n) is 4.72. The van der Waals surface area contributed by atoms with Crippen molar-refractivity contribution >= 4 is 17.7 Å². The number of amides is 1. The first-order valence-corrected chi connectivity index (χ1v) is 9.49. The lowest BCUT2D eigenvalue weighted by Gasteiger charge is -2.15. The Hall–Kier alpha value is -3.87. The van der Waals surface area contributed by atoms with Crippen LogP contribution in [0.15, 0.2) is 72.8 Å². The molecule has 158 valence electrons. The fourth-order valence-corrected chi connectivity index (χ4v) is 3.09. The summed E-state index contributed by atoms with van der Waals surface area (Å²) < 4.78 is 27.4. The minimum Gasteiger partial charge on any atom is -0.480 e. The average Bonchev–Trinajstić information content (AvgIpc) is 2.76. The predicted octanol–water partition coefficient (Wildman–Crippen LogP) is 3.55. The van der Waals surface area contributed by atoms with E-state index in [2.05, 4.69) is 5.32 Å². The Kier molecular flexibility index (Phi) is 6.87. The minimum atomic E-state index is -1.29. The highest BCUT2D eigenvalue weighted by atomic mass is 19.1. The number of carbonyl (C=O) groups is 3. The average molecular weight is 423 g/mol. The molecule has 0 saturated heterocycles. The van der Waals surface area contributed by atoms with Crippen LogP contribution in [0.1, 0.15) is 27.0 Å². The molecule has 0 unspecified atom stereocenters. The summed E-state index contributed by atoms with van der Waals surface area (Å²) in [6.07, 6.45) is -0.673. The summed E-state index contributed by atoms with van der Waals surface area (Å²) in [7, 11) is 0. The van der Waals surface area contributed by atoms with Crippen LogP contribution in [0.3, 0.4) is 0 Å². The number of hydrogen-bond donors (Lipinski definition) is 2. The summed E-state index contributed by atoms with van der Waals surface area (Å²) in [4.78, 5) is 36.2. The number of rotatable bonds is 8. The van der Waals surface area contributed by atoms with E-state index in [1.165, 1.54) is 6.07 Å². The van der Waals surface area contributed by atoms with Crippen LogP contribution in [-0.4, -0.2) is 28.8 Å². The van der Waals surface area contributed by atoms with Gasteiger partial charge < -0.3 is 10.4 Å². The van der Waals surface area contributed by atoms with E-state index < -0.39 is 41.5 Å². The Labute approximate surface area is 177 Å². The molecule has 0 spiro atoms. The van der Waals surface area contributed by atoms with Crippen molar-refractivity contribution < 1.29 is 28.3 Å². The molecule has 0 fully saturated rings. The molecule has 0 aliphatic heterocycles. The smallest absolute Gasteiger partial charge is 0.326 e. The lowest BCUT2D eigenvalue weighted by atomic mass is 9.99. The molecule has 0 bridgehead atoms. The second kappa shape index (κ2) is 9.75. The van der Waals surface area contributed by atoms with Crippen LogP contribution in [0.5, 0.6) is 0 Å². The molecule has 1 atom stereocenters. The third-order valence-corrected chi connectivity index (χ3v) is 4.72. The fourth-order valence-electron chi connectivity index (χ4n) is 3.09. The highest BCUT2D eigenvalue weighted by Gasteiger charge is 2.22. The number of carbonyl (C=O) groups excluding carboxylic acids is 2. The second-order valence-corrected chi connectivity index (χ2v) is 6.93. The lowest BCUT2D eigenvalue weighted by molar-refractivity contribution is -0.141. The van der Waals surface area contributed by atoms with Crippen LogP contribution < -0.4 is 5.32 Å². The number of halogens is 2. The van der Waals surface area contributed by atoms with Crippen molar-refractivity contribution in [3.05, 3.63) is 107 Å². The van der Waals surface area contributed by atoms with E-state index in [4.69, 9.17) is 0 Å². The van der Waals surface area contributed by atoms with Crippen LogP contribution in [0.4, 0.5) is 8.78 Å². The maximum absolute atomic E-state index is 13.7. The van der Waals surface area contributed by atoms with Gasteiger partial charge >= 0.3 is 5.97 Å². The van der Waals surface area contributed by atoms with Crippen molar-refractivity contribution in [1.82, 2.24) is 5.32 Å². The number of ketones is 1. The molecule has 3 aromatic rings. The van der Waals surface area contributed by atoms with Crippen LogP contribution in [0.25, 0.3) is 0 Å². The lowest BCUT2D eigenvalue weighted by Crippen LogP contribution is -2.43. The number of benzene rings is 3. The summed E-state index contributed by atoms with van der Waals surface area (Å²) in [5.74, 6) is -4.01. The molecule has 0 aliphatic carbocycles. The Morgan fingerprint density at radius 1 is 0.806 bits per heavy atom. The monoisotopic (exact) mass is 423 g/mol. The standard InChI is InChI=1S/C24H19F2NO4/c25-19-7-4-8-20(26)18(19)14-22(28)27-21(24(30)31)13-15-9-11-17(12-10-15)23(29)16-5-2-1-3-6-16/h1-12,21H,13-14H2,(H,27,28)(H,30,31)/t21-/m0/s1. The van der Waals surface area contributed by atoms with Crippen molar-refractivity contribution in [2.24, 2.45) is 0 Å². The van der Waals surface area contributed by atoms with Gasteiger partial charge in [-0.2, -0.15) is 0 Å². The molecule has 3 rings (SSSR count). The largest absolute Gasteiger partial charge is 0.480 e. The third kappa shape index (κ3) is 5.60. The van der Waals surface area contributed by atoms with Gasteiger partial charge in [0.25, 0.3) is 0 Å². The molecular weight excluding hydrogens is 404 g/mol. The summed E-state index contributed by atoms with van der Waals surface area (Å²) in [6.45, 7) is 0. The SMILES string of the molecule is O=C(Cc1c(F)cccc1F)N[C@@H](Cc1ccc(C(=O)c2ccccc2)cc1)C(=O)O. The van der Waals surface area contributed by atoms with Crippen LogP contribution in [0.2, 0.25) is 0 Å². The molecule has 31 heavy (non-hydrogen) atoms. The highest BCUT2D eigenvalue weighted by molar-refractivity contribution is 6.08. The zero-order valence-corrected chi connectivity index (χ0v) is 16.3. The summed E-state index contributed by atoms with van der Waals surface area (Å²) in [5.41, 5.74) is 1.13. The van der Waals surface area contributed by atoms with E-state index in [0.29, 0.717) is 16.7 Å². The van der Waals surface area contributed by atoms with E-state index in [0.717, 1.165) is 12.1 Å². The van der Waals surface area contributed by atoms with Gasteiger partial charge in [0.05, 0.1) is 6.42 Å². The van der Waals surface area contributed by atoms with Crippen LogP contribution >= 0.6 is 0 Å². The molecule has 5 nitrogen and oxygen atoms in total. The van der Waals surface area contributed by atoms with Crippen LogP contribution in [-0.2, 0) is 22.4 Å². The minimum absolute atomic E-state index is 0.0549. The number of nitrogens with one attached hydrogen (secondary N) is 1. The van der Waals surface area contributed by atoms with E-state index in [1.807, 2.05) is 0 Å². The Morgan fingerprint density at radius 2 is 1.39 bits per heavy atom. The van der Waals surface area contributed by atoms with Gasteiger partial charge in [-0.1, -0.05) is 60.7 Å². The van der Waals surface area contributed by atoms with Crippen molar-refractivity contribution in [1.29, 1.82) is 0 Å². The number of aliphatic carboxylic acids is 1. The van der Waals surface area contributed by atoms with Crippen LogP contribution in [0, 0.1) is 11.6 Å². The Bertz CT molecular complexity index is 1080. The molecule has 0 aromatic heterocycles. The van der Waals surface area contributed by atoms with Gasteiger partial charge in [0.15, 0.2) is 5.78 Å². The van der Waals surface area contributed by atoms with E-state index in [1.54, 1.807) is 54.6 Å². The Morgan fingerprint density at radius 3 is 1.97 bits per heavy atom. The highest BCUT2D eigenvalue weighted by Crippen LogP contribution is 2.14. The van der Waals surface area contributed by atoms with Gasteiger partial charge in [-0.3, -0.25) is 9.59 Å². The molecule has 0 heterocycles. The fraction of sp³-hybridized carbons (Fsp3) is 0.125. The molecule has 1 amide bonds. The van der Waals surface area contributed by atoms with Crippen molar-refractivity contribution in [2.45, 2.75) is 18.9 Å². The van der Waals surface area contributed by atoms with Gasteiger partial charge in [-0.25, -0.2) is 13.6 Å². The molecule has 2 N–H and O–H groups in total. The van der Waals surface area contributed by atoms with Gasteiger partial charge in [0.1, 0.15) is 17.7 Å². The topological polar surface area (TPSA) is 83.5 Å².